The molecule has 0 bridgehead atoms. The fourth-order valence-corrected chi connectivity index (χ4v) is 3.67. The Morgan fingerprint density at radius 3 is 2.53 bits per heavy atom. The molecule has 1 N–H and O–H groups in total. The van der Waals surface area contributed by atoms with Crippen LogP contribution in [-0.2, 0) is 11.3 Å². The third kappa shape index (κ3) is 4.46. The molecular formula is C23H19BrN4O2. The van der Waals surface area contributed by atoms with Crippen molar-refractivity contribution in [3.63, 3.8) is 0 Å². The quantitative estimate of drug-likeness (QED) is 0.472. The molecule has 30 heavy (non-hydrogen) atoms. The summed E-state index contributed by atoms with van der Waals surface area (Å²) in [4.78, 5) is 33.8. The van der Waals surface area contributed by atoms with Crippen molar-refractivity contribution in [1.82, 2.24) is 19.9 Å². The lowest BCUT2D eigenvalue weighted by atomic mass is 9.99. The number of carbonyl (C=O) groups is 1. The lowest BCUT2D eigenvalue weighted by molar-refractivity contribution is -0.121. The second-order valence-corrected chi connectivity index (χ2v) is 7.76. The maximum Gasteiger partial charge on any atom is 0.261 e. The summed E-state index contributed by atoms with van der Waals surface area (Å²) < 4.78 is 2.28. The van der Waals surface area contributed by atoms with Gasteiger partial charge in [-0.15, -0.1) is 0 Å². The number of aromatic nitrogens is 3. The van der Waals surface area contributed by atoms with E-state index in [-0.39, 0.29) is 30.5 Å². The van der Waals surface area contributed by atoms with Crippen LogP contribution in [0.25, 0.3) is 10.9 Å². The molecule has 2 heterocycles. The maximum atomic E-state index is 12.7. The number of fused-ring (bicyclic) bond motifs is 1. The average Bonchev–Trinajstić information content (AvgIpc) is 2.78. The van der Waals surface area contributed by atoms with Crippen LogP contribution < -0.4 is 10.9 Å². The Hall–Kier alpha value is -3.32. The Morgan fingerprint density at radius 2 is 1.77 bits per heavy atom. The van der Waals surface area contributed by atoms with Gasteiger partial charge in [0.05, 0.1) is 23.3 Å². The number of pyridine rings is 1. The summed E-state index contributed by atoms with van der Waals surface area (Å²) >= 11 is 3.38. The van der Waals surface area contributed by atoms with Crippen molar-refractivity contribution in [3.05, 3.63) is 105 Å². The highest BCUT2D eigenvalue weighted by atomic mass is 79.9. The molecular weight excluding hydrogens is 444 g/mol. The number of halogens is 1. The first-order valence-electron chi connectivity index (χ1n) is 9.51. The van der Waals surface area contributed by atoms with Crippen molar-refractivity contribution in [2.24, 2.45) is 0 Å². The highest BCUT2D eigenvalue weighted by Gasteiger charge is 2.17. The van der Waals surface area contributed by atoms with Gasteiger partial charge in [0.15, 0.2) is 0 Å². The van der Waals surface area contributed by atoms with Gasteiger partial charge in [-0.05, 0) is 41.5 Å². The minimum Gasteiger partial charge on any atom is -0.345 e. The second-order valence-electron chi connectivity index (χ2n) is 6.85. The van der Waals surface area contributed by atoms with E-state index in [2.05, 4.69) is 31.2 Å². The van der Waals surface area contributed by atoms with Gasteiger partial charge in [0, 0.05) is 29.8 Å². The van der Waals surface area contributed by atoms with Crippen molar-refractivity contribution in [1.29, 1.82) is 0 Å². The number of carbonyl (C=O) groups excluding carboxylic acids is 1. The molecule has 0 aliphatic rings. The average molecular weight is 463 g/mol. The van der Waals surface area contributed by atoms with E-state index >= 15 is 0 Å². The summed E-state index contributed by atoms with van der Waals surface area (Å²) in [5.74, 6) is -0.151. The largest absolute Gasteiger partial charge is 0.345 e. The topological polar surface area (TPSA) is 76.9 Å². The summed E-state index contributed by atoms with van der Waals surface area (Å²) in [5, 5.41) is 3.60. The summed E-state index contributed by atoms with van der Waals surface area (Å²) in [5.41, 5.74) is 2.39. The van der Waals surface area contributed by atoms with Crippen molar-refractivity contribution in [2.45, 2.75) is 19.0 Å². The van der Waals surface area contributed by atoms with Gasteiger partial charge in [0.2, 0.25) is 5.91 Å². The molecule has 1 unspecified atom stereocenters. The predicted octanol–water partition coefficient (Wildman–Crippen LogP) is 3.85. The highest BCUT2D eigenvalue weighted by Crippen LogP contribution is 2.21. The van der Waals surface area contributed by atoms with E-state index in [9.17, 15) is 9.59 Å². The Kier molecular flexibility index (Phi) is 5.99. The van der Waals surface area contributed by atoms with Gasteiger partial charge in [0.1, 0.15) is 0 Å². The molecule has 7 heteroatoms. The lowest BCUT2D eigenvalue weighted by Crippen LogP contribution is -2.31. The molecule has 1 atom stereocenters. The van der Waals surface area contributed by atoms with Gasteiger partial charge in [-0.1, -0.05) is 46.3 Å². The molecule has 0 spiro atoms. The normalized spacial score (nSPS) is 11.9. The first kappa shape index (κ1) is 20.0. The van der Waals surface area contributed by atoms with E-state index < -0.39 is 0 Å². The summed E-state index contributed by atoms with van der Waals surface area (Å²) in [6, 6.07) is 18.6. The van der Waals surface area contributed by atoms with E-state index in [1.54, 1.807) is 24.5 Å². The van der Waals surface area contributed by atoms with Gasteiger partial charge < -0.3 is 5.32 Å². The summed E-state index contributed by atoms with van der Waals surface area (Å²) in [7, 11) is 0. The first-order valence-corrected chi connectivity index (χ1v) is 10.3. The molecule has 2 aromatic carbocycles. The SMILES string of the molecule is O=C(CCn1cnc2ccc(Br)cc2c1=O)NC(c1ccccc1)c1ccncc1. The van der Waals surface area contributed by atoms with Crippen LogP contribution in [0.3, 0.4) is 0 Å². The fraction of sp³-hybridized carbons (Fsp3) is 0.130. The predicted molar refractivity (Wildman–Crippen MR) is 119 cm³/mol. The van der Waals surface area contributed by atoms with Crippen molar-refractivity contribution < 1.29 is 4.79 Å². The third-order valence-electron chi connectivity index (χ3n) is 4.84. The molecule has 0 aliphatic heterocycles. The number of amides is 1. The number of nitrogens with zero attached hydrogens (tertiary/aromatic N) is 3. The number of hydrogen-bond donors (Lipinski definition) is 1. The van der Waals surface area contributed by atoms with Crippen LogP contribution in [-0.4, -0.2) is 20.4 Å². The molecule has 0 fully saturated rings. The summed E-state index contributed by atoms with van der Waals surface area (Å²) in [6.45, 7) is 0.248. The minimum absolute atomic E-state index is 0.151. The molecule has 150 valence electrons. The molecule has 0 radical (unpaired) electrons. The smallest absolute Gasteiger partial charge is 0.261 e. The molecule has 6 nitrogen and oxygen atoms in total. The molecule has 0 saturated carbocycles. The summed E-state index contributed by atoms with van der Waals surface area (Å²) in [6.07, 6.45) is 5.06. The van der Waals surface area contributed by atoms with Crippen molar-refractivity contribution in [3.8, 4) is 0 Å². The van der Waals surface area contributed by atoms with Crippen LogP contribution in [0, 0.1) is 0 Å². The monoisotopic (exact) mass is 462 g/mol. The van der Waals surface area contributed by atoms with Crippen LogP contribution in [0.2, 0.25) is 0 Å². The Bertz CT molecular complexity index is 1190. The zero-order valence-corrected chi connectivity index (χ0v) is 17.6. The van der Waals surface area contributed by atoms with Crippen molar-refractivity contribution in [2.75, 3.05) is 0 Å². The molecule has 1 amide bonds. The van der Waals surface area contributed by atoms with Crippen LogP contribution in [0.15, 0.2) is 88.7 Å². The Morgan fingerprint density at radius 1 is 1.03 bits per heavy atom. The van der Waals surface area contributed by atoms with E-state index in [1.807, 2.05) is 48.5 Å². The van der Waals surface area contributed by atoms with E-state index in [4.69, 9.17) is 0 Å². The van der Waals surface area contributed by atoms with E-state index in [0.717, 1.165) is 15.6 Å². The highest BCUT2D eigenvalue weighted by molar-refractivity contribution is 9.10. The zero-order chi connectivity index (χ0) is 20.9. The van der Waals surface area contributed by atoms with Crippen LogP contribution in [0.1, 0.15) is 23.6 Å². The third-order valence-corrected chi connectivity index (χ3v) is 5.34. The van der Waals surface area contributed by atoms with E-state index in [1.165, 1.54) is 10.9 Å². The van der Waals surface area contributed by atoms with Crippen LogP contribution >= 0.6 is 15.9 Å². The number of nitrogens with one attached hydrogen (secondary N) is 1. The number of rotatable bonds is 6. The standard InChI is InChI=1S/C23H19BrN4O2/c24-18-6-7-20-19(14-18)23(30)28(15-26-20)13-10-21(29)27-22(16-4-2-1-3-5-16)17-8-11-25-12-9-17/h1-9,11-12,14-15,22H,10,13H2,(H,27,29). The second kappa shape index (κ2) is 9.00. The number of benzene rings is 2. The van der Waals surface area contributed by atoms with Crippen LogP contribution in [0.5, 0.6) is 0 Å². The van der Waals surface area contributed by atoms with Gasteiger partial charge in [-0.3, -0.25) is 19.1 Å². The molecule has 2 aromatic heterocycles. The first-order chi connectivity index (χ1) is 14.6. The van der Waals surface area contributed by atoms with Gasteiger partial charge in [-0.25, -0.2) is 4.98 Å². The van der Waals surface area contributed by atoms with E-state index in [0.29, 0.717) is 10.9 Å². The van der Waals surface area contributed by atoms with Crippen molar-refractivity contribution >= 4 is 32.7 Å². The van der Waals surface area contributed by atoms with Gasteiger partial charge in [-0.2, -0.15) is 0 Å². The molecule has 0 saturated heterocycles. The van der Waals surface area contributed by atoms with Crippen LogP contribution in [0.4, 0.5) is 0 Å². The maximum absolute atomic E-state index is 12.7. The molecule has 0 aliphatic carbocycles. The Balaban J connectivity index is 1.51. The minimum atomic E-state index is -0.288. The van der Waals surface area contributed by atoms with Gasteiger partial charge >= 0.3 is 0 Å². The zero-order valence-electron chi connectivity index (χ0n) is 16.0. The fourth-order valence-electron chi connectivity index (χ4n) is 3.31. The lowest BCUT2D eigenvalue weighted by Gasteiger charge is -2.20. The molecule has 4 rings (SSSR count). The molecule has 4 aromatic rings. The number of hydrogen-bond acceptors (Lipinski definition) is 4. The van der Waals surface area contributed by atoms with Gasteiger partial charge in [0.25, 0.3) is 5.56 Å². The Labute approximate surface area is 181 Å². The number of aryl methyl sites for hydroxylation is 1.